The lowest BCUT2D eigenvalue weighted by molar-refractivity contribution is -0.140. The number of hydrogen-bond acceptors (Lipinski definition) is 5. The second-order valence-electron chi connectivity index (χ2n) is 11.6. The summed E-state index contributed by atoms with van der Waals surface area (Å²) in [6.07, 6.45) is 6.08. The van der Waals surface area contributed by atoms with E-state index in [0.717, 1.165) is 37.7 Å². The molecule has 1 heterocycles. The van der Waals surface area contributed by atoms with Gasteiger partial charge >= 0.3 is 6.09 Å². The number of halogens is 1. The third kappa shape index (κ3) is 8.88. The van der Waals surface area contributed by atoms with Gasteiger partial charge in [0, 0.05) is 42.5 Å². The van der Waals surface area contributed by atoms with Crippen LogP contribution in [-0.2, 0) is 20.7 Å². The fourth-order valence-electron chi connectivity index (χ4n) is 5.13. The molecule has 2 aliphatic rings. The zero-order chi connectivity index (χ0) is 27.2. The molecule has 0 spiro atoms. The first-order chi connectivity index (χ1) is 17.4. The monoisotopic (exact) mass is 534 g/mol. The number of carbonyl (C=O) groups is 3. The molecule has 1 saturated carbocycles. The topological polar surface area (TPSA) is 91.0 Å². The van der Waals surface area contributed by atoms with Crippen molar-refractivity contribution in [2.45, 2.75) is 103 Å². The molecule has 3 rings (SSSR count). The Morgan fingerprint density at radius 1 is 1.05 bits per heavy atom. The second kappa shape index (κ2) is 13.0. The zero-order valence-electron chi connectivity index (χ0n) is 22.9. The molecular formula is C28H43ClN4O4. The van der Waals surface area contributed by atoms with Gasteiger partial charge in [0.25, 0.3) is 5.91 Å². The standard InChI is InChI=1S/C28H43ClN4O4/c1-19(2)26(35)33(22-9-7-6-8-10-22)23-15-16-32(18-23)31-25(34)24(30-27(36)37-28(3,4)5)17-20-11-13-21(29)14-12-20/h11-14,19,22-24H,6-10,15-18H2,1-5H3,(H,30,36)(H,31,34)/t23-,24+/m0/s1. The quantitative estimate of drug-likeness (QED) is 0.504. The van der Waals surface area contributed by atoms with E-state index in [-0.39, 0.29) is 29.8 Å². The van der Waals surface area contributed by atoms with Crippen LogP contribution >= 0.6 is 11.6 Å². The Bertz CT molecular complexity index is 925. The average molecular weight is 535 g/mol. The van der Waals surface area contributed by atoms with Gasteiger partial charge in [-0.05, 0) is 57.7 Å². The second-order valence-corrected chi connectivity index (χ2v) is 12.0. The van der Waals surface area contributed by atoms with Gasteiger partial charge in [-0.3, -0.25) is 15.0 Å². The van der Waals surface area contributed by atoms with Crippen LogP contribution in [0.4, 0.5) is 4.79 Å². The van der Waals surface area contributed by atoms with Crippen molar-refractivity contribution in [2.24, 2.45) is 5.92 Å². The summed E-state index contributed by atoms with van der Waals surface area (Å²) in [5.74, 6) is -0.189. The largest absolute Gasteiger partial charge is 0.444 e. The molecule has 8 nitrogen and oxygen atoms in total. The number of nitrogens with one attached hydrogen (secondary N) is 2. The maximum absolute atomic E-state index is 13.4. The van der Waals surface area contributed by atoms with Gasteiger partial charge in [-0.2, -0.15) is 0 Å². The van der Waals surface area contributed by atoms with Crippen LogP contribution in [0.3, 0.4) is 0 Å². The van der Waals surface area contributed by atoms with Gasteiger partial charge < -0.3 is 15.0 Å². The Hall–Kier alpha value is -2.32. The molecule has 1 aromatic rings. The predicted octanol–water partition coefficient (Wildman–Crippen LogP) is 4.70. The van der Waals surface area contributed by atoms with Gasteiger partial charge in [-0.25, -0.2) is 9.80 Å². The van der Waals surface area contributed by atoms with Crippen molar-refractivity contribution < 1.29 is 19.1 Å². The number of carbonyl (C=O) groups excluding carboxylic acids is 3. The third-order valence-corrected chi connectivity index (χ3v) is 7.15. The van der Waals surface area contributed by atoms with Crippen LogP contribution in [-0.4, -0.2) is 64.6 Å². The average Bonchev–Trinajstić information content (AvgIpc) is 3.27. The summed E-state index contributed by atoms with van der Waals surface area (Å²) < 4.78 is 5.40. The fourth-order valence-corrected chi connectivity index (χ4v) is 5.26. The lowest BCUT2D eigenvalue weighted by atomic mass is 9.92. The molecule has 2 fully saturated rings. The van der Waals surface area contributed by atoms with Crippen LogP contribution < -0.4 is 10.7 Å². The molecule has 206 valence electrons. The SMILES string of the molecule is CC(C)C(=O)N(C1CCCCC1)[C@H]1CCN(NC(=O)[C@@H](Cc2ccc(Cl)cc2)NC(=O)OC(C)(C)C)C1. The smallest absolute Gasteiger partial charge is 0.408 e. The number of nitrogens with zero attached hydrogens (tertiary/aromatic N) is 2. The van der Waals surface area contributed by atoms with E-state index in [1.807, 2.05) is 31.0 Å². The normalized spacial score (nSPS) is 19.9. The van der Waals surface area contributed by atoms with E-state index in [9.17, 15) is 14.4 Å². The maximum atomic E-state index is 13.4. The molecule has 1 aliphatic heterocycles. The Morgan fingerprint density at radius 3 is 2.30 bits per heavy atom. The lowest BCUT2D eigenvalue weighted by Crippen LogP contribution is -2.55. The molecule has 0 unspecified atom stereocenters. The van der Waals surface area contributed by atoms with Crippen molar-refractivity contribution in [3.8, 4) is 0 Å². The molecule has 1 saturated heterocycles. The maximum Gasteiger partial charge on any atom is 0.408 e. The number of rotatable bonds is 8. The van der Waals surface area contributed by atoms with Crippen LogP contribution in [0.1, 0.15) is 78.7 Å². The van der Waals surface area contributed by atoms with E-state index in [2.05, 4.69) is 15.6 Å². The summed E-state index contributed by atoms with van der Waals surface area (Å²) in [6, 6.07) is 6.70. The first-order valence-electron chi connectivity index (χ1n) is 13.5. The van der Waals surface area contributed by atoms with E-state index in [1.54, 1.807) is 32.9 Å². The fraction of sp³-hybridized carbons (Fsp3) is 0.679. The van der Waals surface area contributed by atoms with E-state index in [0.29, 0.717) is 24.5 Å². The third-order valence-electron chi connectivity index (χ3n) is 6.90. The molecule has 2 atom stereocenters. The van der Waals surface area contributed by atoms with Crippen LogP contribution in [0.5, 0.6) is 0 Å². The van der Waals surface area contributed by atoms with E-state index < -0.39 is 17.7 Å². The van der Waals surface area contributed by atoms with Gasteiger partial charge in [-0.15, -0.1) is 0 Å². The Balaban J connectivity index is 1.68. The highest BCUT2D eigenvalue weighted by Gasteiger charge is 2.37. The van der Waals surface area contributed by atoms with Crippen molar-refractivity contribution in [1.82, 2.24) is 20.7 Å². The molecule has 37 heavy (non-hydrogen) atoms. The number of benzene rings is 1. The highest BCUT2D eigenvalue weighted by molar-refractivity contribution is 6.30. The van der Waals surface area contributed by atoms with Crippen molar-refractivity contribution in [1.29, 1.82) is 0 Å². The minimum absolute atomic E-state index is 0.0619. The van der Waals surface area contributed by atoms with Crippen molar-refractivity contribution >= 4 is 29.5 Å². The van der Waals surface area contributed by atoms with Crippen molar-refractivity contribution in [2.75, 3.05) is 13.1 Å². The van der Waals surface area contributed by atoms with E-state index >= 15 is 0 Å². The zero-order valence-corrected chi connectivity index (χ0v) is 23.6. The van der Waals surface area contributed by atoms with Crippen LogP contribution in [0, 0.1) is 5.92 Å². The highest BCUT2D eigenvalue weighted by Crippen LogP contribution is 2.28. The molecule has 9 heteroatoms. The molecule has 1 aromatic carbocycles. The summed E-state index contributed by atoms with van der Waals surface area (Å²) >= 11 is 6.01. The minimum Gasteiger partial charge on any atom is -0.444 e. The predicted molar refractivity (Wildman–Crippen MR) is 145 cm³/mol. The number of hydrogen-bond donors (Lipinski definition) is 2. The Kier molecular flexibility index (Phi) is 10.2. The summed E-state index contributed by atoms with van der Waals surface area (Å²) in [6.45, 7) is 10.5. The summed E-state index contributed by atoms with van der Waals surface area (Å²) in [5, 5.41) is 5.21. The molecule has 0 bridgehead atoms. The molecule has 2 N–H and O–H groups in total. The summed E-state index contributed by atoms with van der Waals surface area (Å²) in [5.41, 5.74) is 3.18. The molecule has 3 amide bonds. The van der Waals surface area contributed by atoms with E-state index in [4.69, 9.17) is 16.3 Å². The first-order valence-corrected chi connectivity index (χ1v) is 13.9. The van der Waals surface area contributed by atoms with Crippen molar-refractivity contribution in [3.63, 3.8) is 0 Å². The summed E-state index contributed by atoms with van der Waals surface area (Å²) in [7, 11) is 0. The van der Waals surface area contributed by atoms with Gasteiger partial charge in [0.15, 0.2) is 0 Å². The van der Waals surface area contributed by atoms with Gasteiger partial charge in [0.05, 0.1) is 0 Å². The number of alkyl carbamates (subject to hydrolysis) is 1. The molecule has 0 aromatic heterocycles. The van der Waals surface area contributed by atoms with Crippen molar-refractivity contribution in [3.05, 3.63) is 34.9 Å². The number of hydrazine groups is 1. The first kappa shape index (κ1) is 29.2. The number of amides is 3. The Morgan fingerprint density at radius 2 is 1.70 bits per heavy atom. The number of ether oxygens (including phenoxy) is 1. The molecular weight excluding hydrogens is 492 g/mol. The minimum atomic E-state index is -0.832. The van der Waals surface area contributed by atoms with Gasteiger partial charge in [-0.1, -0.05) is 56.8 Å². The van der Waals surface area contributed by atoms with Gasteiger partial charge in [0.1, 0.15) is 11.6 Å². The van der Waals surface area contributed by atoms with Crippen LogP contribution in [0.25, 0.3) is 0 Å². The lowest BCUT2D eigenvalue weighted by Gasteiger charge is -2.39. The van der Waals surface area contributed by atoms with Crippen LogP contribution in [0.15, 0.2) is 24.3 Å². The van der Waals surface area contributed by atoms with E-state index in [1.165, 1.54) is 6.42 Å². The summed E-state index contributed by atoms with van der Waals surface area (Å²) in [4.78, 5) is 41.2. The van der Waals surface area contributed by atoms with Crippen LogP contribution in [0.2, 0.25) is 5.02 Å². The van der Waals surface area contributed by atoms with Gasteiger partial charge in [0.2, 0.25) is 5.91 Å². The molecule has 0 radical (unpaired) electrons. The highest BCUT2D eigenvalue weighted by atomic mass is 35.5. The molecule has 1 aliphatic carbocycles. The Labute approximate surface area is 226 Å².